The summed E-state index contributed by atoms with van der Waals surface area (Å²) < 4.78 is 31.6. The molecule has 0 saturated heterocycles. The van der Waals surface area contributed by atoms with E-state index >= 15 is 0 Å². The number of hydrogen-bond donors (Lipinski definition) is 1. The zero-order chi connectivity index (χ0) is 18.2. The monoisotopic (exact) mass is 359 g/mol. The predicted molar refractivity (Wildman–Crippen MR) is 95.0 cm³/mol. The summed E-state index contributed by atoms with van der Waals surface area (Å²) in [7, 11) is -1.87. The van der Waals surface area contributed by atoms with E-state index in [9.17, 15) is 8.42 Å². The van der Waals surface area contributed by atoms with E-state index in [2.05, 4.69) is 14.9 Å². The van der Waals surface area contributed by atoms with Crippen molar-refractivity contribution in [2.24, 2.45) is 7.05 Å². The lowest BCUT2D eigenvalue weighted by Gasteiger charge is -2.07. The normalized spacial score (nSPS) is 11.8. The lowest BCUT2D eigenvalue weighted by atomic mass is 10.3. The van der Waals surface area contributed by atoms with Crippen LogP contribution in [0.4, 0.5) is 0 Å². The van der Waals surface area contributed by atoms with E-state index in [1.165, 1.54) is 0 Å². The number of nitrogens with zero attached hydrogens (tertiary/aromatic N) is 4. The molecule has 0 bridgehead atoms. The Balaban J connectivity index is 1.91. The molecule has 3 rings (SSSR count). The molecular weight excluding hydrogens is 338 g/mol. The fourth-order valence-electron chi connectivity index (χ4n) is 2.80. The molecule has 0 aliphatic heterocycles. The number of rotatable bonds is 5. The number of para-hydroxylation sites is 1. The third-order valence-electron chi connectivity index (χ3n) is 4.10. The van der Waals surface area contributed by atoms with Gasteiger partial charge in [-0.3, -0.25) is 4.68 Å². The van der Waals surface area contributed by atoms with Crippen LogP contribution in [0.25, 0.3) is 5.69 Å². The Hall–Kier alpha value is -2.45. The molecule has 0 amide bonds. The summed E-state index contributed by atoms with van der Waals surface area (Å²) in [5.74, 6) is 0. The van der Waals surface area contributed by atoms with Crippen LogP contribution in [0.3, 0.4) is 0 Å². The van der Waals surface area contributed by atoms with E-state index < -0.39 is 10.0 Å². The van der Waals surface area contributed by atoms with Crippen LogP contribution in [0.2, 0.25) is 0 Å². The van der Waals surface area contributed by atoms with E-state index in [0.717, 1.165) is 11.4 Å². The fourth-order valence-corrected chi connectivity index (χ4v) is 4.19. The number of sulfonamides is 1. The van der Waals surface area contributed by atoms with Crippen LogP contribution in [0.1, 0.15) is 22.8 Å². The Morgan fingerprint density at radius 2 is 1.76 bits per heavy atom. The molecule has 0 aliphatic carbocycles. The van der Waals surface area contributed by atoms with E-state index in [1.54, 1.807) is 23.2 Å². The van der Waals surface area contributed by atoms with Crippen molar-refractivity contribution in [2.75, 3.05) is 0 Å². The Bertz CT molecular complexity index is 984. The number of nitrogens with one attached hydrogen (secondary N) is 1. The second-order valence-corrected chi connectivity index (χ2v) is 7.68. The van der Waals surface area contributed by atoms with Gasteiger partial charge in [0.1, 0.15) is 4.90 Å². The maximum Gasteiger partial charge on any atom is 0.244 e. The molecule has 8 heteroatoms. The summed E-state index contributed by atoms with van der Waals surface area (Å²) in [6, 6.07) is 11.3. The Morgan fingerprint density at radius 3 is 2.36 bits per heavy atom. The van der Waals surface area contributed by atoms with Gasteiger partial charge in [-0.25, -0.2) is 17.8 Å². The van der Waals surface area contributed by atoms with Gasteiger partial charge in [0.25, 0.3) is 0 Å². The Morgan fingerprint density at radius 1 is 1.08 bits per heavy atom. The smallest absolute Gasteiger partial charge is 0.244 e. The number of aryl methyl sites for hydroxylation is 3. The van der Waals surface area contributed by atoms with Crippen molar-refractivity contribution in [2.45, 2.75) is 32.2 Å². The minimum atomic E-state index is -3.69. The van der Waals surface area contributed by atoms with E-state index in [4.69, 9.17) is 0 Å². The number of hydrogen-bond acceptors (Lipinski definition) is 4. The quantitative estimate of drug-likeness (QED) is 0.755. The molecule has 1 N–H and O–H groups in total. The molecule has 0 fully saturated rings. The molecule has 0 spiro atoms. The standard InChI is InChI=1S/C17H21N5O2S/c1-12-10-15(20-21(12)4)11-18-25(23,24)17-13(2)19-22(14(17)3)16-8-6-5-7-9-16/h5-10,18H,11H2,1-4H3. The molecule has 0 aliphatic rings. The van der Waals surface area contributed by atoms with Gasteiger partial charge < -0.3 is 0 Å². The van der Waals surface area contributed by atoms with Gasteiger partial charge in [-0.2, -0.15) is 10.2 Å². The van der Waals surface area contributed by atoms with Crippen molar-refractivity contribution in [1.82, 2.24) is 24.3 Å². The molecule has 2 aromatic heterocycles. The molecule has 0 atom stereocenters. The summed E-state index contributed by atoms with van der Waals surface area (Å²) in [5.41, 5.74) is 3.51. The first kappa shape index (κ1) is 17.4. The molecule has 2 heterocycles. The van der Waals surface area contributed by atoms with Crippen molar-refractivity contribution in [3.8, 4) is 5.69 Å². The highest BCUT2D eigenvalue weighted by Crippen LogP contribution is 2.22. The average molecular weight is 359 g/mol. The molecular formula is C17H21N5O2S. The van der Waals surface area contributed by atoms with Crippen molar-refractivity contribution in [3.05, 3.63) is 59.2 Å². The van der Waals surface area contributed by atoms with E-state index in [0.29, 0.717) is 17.1 Å². The Kier molecular flexibility index (Phi) is 4.49. The highest BCUT2D eigenvalue weighted by molar-refractivity contribution is 7.89. The van der Waals surface area contributed by atoms with Gasteiger partial charge in [-0.15, -0.1) is 0 Å². The lowest BCUT2D eigenvalue weighted by Crippen LogP contribution is -2.24. The highest BCUT2D eigenvalue weighted by atomic mass is 32.2. The van der Waals surface area contributed by atoms with Gasteiger partial charge in [-0.05, 0) is 39.0 Å². The van der Waals surface area contributed by atoms with Gasteiger partial charge in [0.2, 0.25) is 10.0 Å². The maximum atomic E-state index is 12.8. The minimum Gasteiger partial charge on any atom is -0.273 e. The fraction of sp³-hybridized carbons (Fsp3) is 0.294. The second-order valence-electron chi connectivity index (χ2n) is 5.97. The van der Waals surface area contributed by atoms with Crippen molar-refractivity contribution >= 4 is 10.0 Å². The molecule has 1 aromatic carbocycles. The molecule has 132 valence electrons. The van der Waals surface area contributed by atoms with Gasteiger partial charge in [-0.1, -0.05) is 18.2 Å². The molecule has 0 radical (unpaired) electrons. The van der Waals surface area contributed by atoms with Crippen LogP contribution in [0.15, 0.2) is 41.3 Å². The first-order chi connectivity index (χ1) is 11.8. The van der Waals surface area contributed by atoms with Crippen molar-refractivity contribution in [3.63, 3.8) is 0 Å². The van der Waals surface area contributed by atoms with Gasteiger partial charge >= 0.3 is 0 Å². The predicted octanol–water partition coefficient (Wildman–Crippen LogP) is 2.01. The molecule has 7 nitrogen and oxygen atoms in total. The van der Waals surface area contributed by atoms with Gasteiger partial charge in [0.15, 0.2) is 0 Å². The largest absolute Gasteiger partial charge is 0.273 e. The highest BCUT2D eigenvalue weighted by Gasteiger charge is 2.25. The van der Waals surface area contributed by atoms with Crippen LogP contribution in [0.5, 0.6) is 0 Å². The lowest BCUT2D eigenvalue weighted by molar-refractivity contribution is 0.578. The number of benzene rings is 1. The van der Waals surface area contributed by atoms with Crippen LogP contribution >= 0.6 is 0 Å². The van der Waals surface area contributed by atoms with Gasteiger partial charge in [0, 0.05) is 12.7 Å². The first-order valence-corrected chi connectivity index (χ1v) is 9.39. The van der Waals surface area contributed by atoms with Crippen LogP contribution in [-0.4, -0.2) is 28.0 Å². The topological polar surface area (TPSA) is 81.8 Å². The van der Waals surface area contributed by atoms with Crippen LogP contribution in [0, 0.1) is 20.8 Å². The molecule has 3 aromatic rings. The summed E-state index contributed by atoms with van der Waals surface area (Å²) in [6.07, 6.45) is 0. The SMILES string of the molecule is Cc1nn(-c2ccccc2)c(C)c1S(=O)(=O)NCc1cc(C)n(C)n1. The zero-order valence-electron chi connectivity index (χ0n) is 14.7. The first-order valence-electron chi connectivity index (χ1n) is 7.90. The second kappa shape index (κ2) is 6.45. The molecule has 25 heavy (non-hydrogen) atoms. The summed E-state index contributed by atoms with van der Waals surface area (Å²) in [4.78, 5) is 0.212. The zero-order valence-corrected chi connectivity index (χ0v) is 15.5. The third kappa shape index (κ3) is 3.35. The van der Waals surface area contributed by atoms with E-state index in [-0.39, 0.29) is 11.4 Å². The molecule has 0 saturated carbocycles. The van der Waals surface area contributed by atoms with E-state index in [1.807, 2.05) is 50.4 Å². The van der Waals surface area contributed by atoms with Gasteiger partial charge in [0.05, 0.1) is 29.3 Å². The Labute approximate surface area is 147 Å². The minimum absolute atomic E-state index is 0.138. The average Bonchev–Trinajstić information content (AvgIpc) is 3.05. The summed E-state index contributed by atoms with van der Waals surface area (Å²) in [6.45, 7) is 5.51. The molecule has 0 unspecified atom stereocenters. The number of aromatic nitrogens is 4. The maximum absolute atomic E-state index is 12.8. The summed E-state index contributed by atoms with van der Waals surface area (Å²) in [5, 5.41) is 8.67. The van der Waals surface area contributed by atoms with Crippen LogP contribution < -0.4 is 4.72 Å². The van der Waals surface area contributed by atoms with Crippen LogP contribution in [-0.2, 0) is 23.6 Å². The third-order valence-corrected chi connectivity index (χ3v) is 5.75. The van der Waals surface area contributed by atoms with Crippen molar-refractivity contribution < 1.29 is 8.42 Å². The van der Waals surface area contributed by atoms with Crippen molar-refractivity contribution in [1.29, 1.82) is 0 Å². The summed E-state index contributed by atoms with van der Waals surface area (Å²) >= 11 is 0.